The minimum Gasteiger partial charge on any atom is -0.399 e. The summed E-state index contributed by atoms with van der Waals surface area (Å²) >= 11 is 1.67. The Morgan fingerprint density at radius 3 is 2.88 bits per heavy atom. The molecule has 0 saturated carbocycles. The van der Waals surface area contributed by atoms with Gasteiger partial charge in [-0.3, -0.25) is 0 Å². The van der Waals surface area contributed by atoms with Gasteiger partial charge in [-0.25, -0.2) is 0 Å². The molecular formula is C11H14N4S. The molecule has 0 saturated heterocycles. The fourth-order valence-corrected chi connectivity index (χ4v) is 2.32. The highest BCUT2D eigenvalue weighted by atomic mass is 32.2. The van der Waals surface area contributed by atoms with Gasteiger partial charge in [-0.15, -0.1) is 10.2 Å². The first-order valence-corrected chi connectivity index (χ1v) is 5.91. The molecule has 0 aliphatic heterocycles. The summed E-state index contributed by atoms with van der Waals surface area (Å²) in [4.78, 5) is 0. The summed E-state index contributed by atoms with van der Waals surface area (Å²) in [7, 11) is 1.94. The van der Waals surface area contributed by atoms with Crippen molar-refractivity contribution in [3.63, 3.8) is 0 Å². The highest BCUT2D eigenvalue weighted by molar-refractivity contribution is 7.99. The molecule has 2 N–H and O–H groups in total. The first-order valence-electron chi connectivity index (χ1n) is 5.03. The fraction of sp³-hybridized carbons (Fsp3) is 0.273. The van der Waals surface area contributed by atoms with Crippen LogP contribution in [0.5, 0.6) is 0 Å². The van der Waals surface area contributed by atoms with Crippen LogP contribution in [0, 0.1) is 0 Å². The molecule has 2 rings (SSSR count). The van der Waals surface area contributed by atoms with Crippen molar-refractivity contribution in [1.82, 2.24) is 14.8 Å². The highest BCUT2D eigenvalue weighted by Gasteiger charge is 2.10. The van der Waals surface area contributed by atoms with Gasteiger partial charge in [0.15, 0.2) is 5.16 Å². The van der Waals surface area contributed by atoms with Crippen LogP contribution in [0.15, 0.2) is 35.7 Å². The van der Waals surface area contributed by atoms with Crippen molar-refractivity contribution in [2.75, 3.05) is 5.73 Å². The molecule has 2 aromatic rings. The second kappa shape index (κ2) is 4.57. The van der Waals surface area contributed by atoms with Crippen LogP contribution in [-0.4, -0.2) is 14.8 Å². The van der Waals surface area contributed by atoms with Crippen molar-refractivity contribution >= 4 is 17.4 Å². The first kappa shape index (κ1) is 11.0. The molecular weight excluding hydrogens is 220 g/mol. The van der Waals surface area contributed by atoms with Crippen LogP contribution in [0.25, 0.3) is 0 Å². The summed E-state index contributed by atoms with van der Waals surface area (Å²) in [6.07, 6.45) is 1.70. The molecule has 0 spiro atoms. The van der Waals surface area contributed by atoms with E-state index in [9.17, 15) is 0 Å². The Morgan fingerprint density at radius 1 is 1.44 bits per heavy atom. The van der Waals surface area contributed by atoms with Crippen LogP contribution in [-0.2, 0) is 7.05 Å². The third-order valence-electron chi connectivity index (χ3n) is 2.33. The van der Waals surface area contributed by atoms with Crippen molar-refractivity contribution in [1.29, 1.82) is 0 Å². The minimum atomic E-state index is 0.311. The molecule has 1 aromatic heterocycles. The van der Waals surface area contributed by atoms with Crippen molar-refractivity contribution in [3.05, 3.63) is 36.2 Å². The van der Waals surface area contributed by atoms with Gasteiger partial charge in [-0.2, -0.15) is 0 Å². The fourth-order valence-electron chi connectivity index (χ4n) is 1.42. The average Bonchev–Trinajstić information content (AvgIpc) is 2.64. The molecule has 1 aromatic carbocycles. The van der Waals surface area contributed by atoms with E-state index in [1.165, 1.54) is 5.56 Å². The summed E-state index contributed by atoms with van der Waals surface area (Å²) < 4.78 is 1.91. The molecule has 0 radical (unpaired) electrons. The van der Waals surface area contributed by atoms with E-state index in [1.807, 2.05) is 29.8 Å². The lowest BCUT2D eigenvalue weighted by Crippen LogP contribution is -1.95. The smallest absolute Gasteiger partial charge is 0.191 e. The summed E-state index contributed by atoms with van der Waals surface area (Å²) in [5.41, 5.74) is 7.75. The minimum absolute atomic E-state index is 0.311. The van der Waals surface area contributed by atoms with E-state index in [0.717, 1.165) is 10.8 Å². The Bertz CT molecular complexity index is 480. The number of rotatable bonds is 3. The number of anilines is 1. The average molecular weight is 234 g/mol. The van der Waals surface area contributed by atoms with Crippen molar-refractivity contribution < 1.29 is 0 Å². The van der Waals surface area contributed by atoms with Gasteiger partial charge >= 0.3 is 0 Å². The van der Waals surface area contributed by atoms with E-state index in [2.05, 4.69) is 23.2 Å². The number of nitrogens with zero attached hydrogens (tertiary/aromatic N) is 3. The number of nitrogen functional groups attached to an aromatic ring is 1. The second-order valence-corrected chi connectivity index (χ2v) is 4.96. The standard InChI is InChI=1S/C11H14N4S/c1-8(9-4-3-5-10(12)6-9)16-11-14-13-7-15(11)2/h3-8H,12H2,1-2H3/t8-/m1/s1. The Hall–Kier alpha value is -1.49. The zero-order valence-electron chi connectivity index (χ0n) is 9.29. The number of aromatic nitrogens is 3. The molecule has 5 heteroatoms. The maximum atomic E-state index is 5.76. The molecule has 0 fully saturated rings. The number of hydrogen-bond donors (Lipinski definition) is 1. The number of aryl methyl sites for hydroxylation is 1. The maximum Gasteiger partial charge on any atom is 0.191 e. The molecule has 1 atom stereocenters. The molecule has 84 valence electrons. The topological polar surface area (TPSA) is 56.7 Å². The Morgan fingerprint density at radius 2 is 2.25 bits per heavy atom. The summed E-state index contributed by atoms with van der Waals surface area (Å²) in [5, 5.41) is 9.13. The lowest BCUT2D eigenvalue weighted by atomic mass is 10.1. The molecule has 0 aliphatic carbocycles. The summed E-state index contributed by atoms with van der Waals surface area (Å²) in [6.45, 7) is 2.13. The third-order valence-corrected chi connectivity index (χ3v) is 3.54. The molecule has 1 heterocycles. The maximum absolute atomic E-state index is 5.76. The summed E-state index contributed by atoms with van der Waals surface area (Å²) in [5.74, 6) is 0. The predicted molar refractivity (Wildman–Crippen MR) is 66.1 cm³/mol. The monoisotopic (exact) mass is 234 g/mol. The number of nitrogens with two attached hydrogens (primary N) is 1. The largest absolute Gasteiger partial charge is 0.399 e. The first-order chi connectivity index (χ1) is 7.66. The summed E-state index contributed by atoms with van der Waals surface area (Å²) in [6, 6.07) is 7.93. The van der Waals surface area contributed by atoms with Crippen LogP contribution >= 0.6 is 11.8 Å². The number of thioether (sulfide) groups is 1. The molecule has 0 amide bonds. The zero-order chi connectivity index (χ0) is 11.5. The molecule has 16 heavy (non-hydrogen) atoms. The Labute approximate surface area is 98.9 Å². The van der Waals surface area contributed by atoms with Gasteiger partial charge in [0.25, 0.3) is 0 Å². The van der Waals surface area contributed by atoms with Gasteiger partial charge in [0.2, 0.25) is 0 Å². The quantitative estimate of drug-likeness (QED) is 0.653. The van der Waals surface area contributed by atoms with Gasteiger partial charge in [-0.1, -0.05) is 23.9 Å². The molecule has 0 bridgehead atoms. The van der Waals surface area contributed by atoms with E-state index in [1.54, 1.807) is 18.1 Å². The van der Waals surface area contributed by atoms with E-state index >= 15 is 0 Å². The lowest BCUT2D eigenvalue weighted by molar-refractivity contribution is 0.785. The van der Waals surface area contributed by atoms with E-state index in [0.29, 0.717) is 5.25 Å². The van der Waals surface area contributed by atoms with Crippen LogP contribution < -0.4 is 5.73 Å². The number of hydrogen-bond acceptors (Lipinski definition) is 4. The van der Waals surface area contributed by atoms with Crippen molar-refractivity contribution in [2.45, 2.75) is 17.3 Å². The van der Waals surface area contributed by atoms with Crippen molar-refractivity contribution in [2.24, 2.45) is 7.05 Å². The third kappa shape index (κ3) is 2.36. The molecule has 4 nitrogen and oxygen atoms in total. The molecule has 0 aliphatic rings. The Kier molecular flexibility index (Phi) is 3.14. The van der Waals surface area contributed by atoms with E-state index in [-0.39, 0.29) is 0 Å². The lowest BCUT2D eigenvalue weighted by Gasteiger charge is -2.10. The van der Waals surface area contributed by atoms with Gasteiger partial charge in [-0.05, 0) is 24.6 Å². The van der Waals surface area contributed by atoms with Crippen LogP contribution in [0.4, 0.5) is 5.69 Å². The van der Waals surface area contributed by atoms with Gasteiger partial charge in [0.05, 0.1) is 0 Å². The zero-order valence-corrected chi connectivity index (χ0v) is 10.1. The van der Waals surface area contributed by atoms with E-state index < -0.39 is 0 Å². The van der Waals surface area contributed by atoms with Gasteiger partial charge in [0.1, 0.15) is 6.33 Å². The van der Waals surface area contributed by atoms with Crippen LogP contribution in [0.2, 0.25) is 0 Å². The van der Waals surface area contributed by atoms with Crippen LogP contribution in [0.1, 0.15) is 17.7 Å². The SMILES string of the molecule is C[C@@H](Sc1nncn1C)c1cccc(N)c1. The van der Waals surface area contributed by atoms with E-state index in [4.69, 9.17) is 5.73 Å². The normalized spacial score (nSPS) is 12.6. The van der Waals surface area contributed by atoms with Gasteiger partial charge in [0, 0.05) is 18.0 Å². The Balaban J connectivity index is 2.14. The predicted octanol–water partition coefficient (Wildman–Crippen LogP) is 2.25. The van der Waals surface area contributed by atoms with Crippen LogP contribution in [0.3, 0.4) is 0 Å². The highest BCUT2D eigenvalue weighted by Crippen LogP contribution is 2.33. The number of benzene rings is 1. The second-order valence-electron chi connectivity index (χ2n) is 3.65. The van der Waals surface area contributed by atoms with Crippen molar-refractivity contribution in [3.8, 4) is 0 Å². The van der Waals surface area contributed by atoms with Gasteiger partial charge < -0.3 is 10.3 Å². The molecule has 0 unspecified atom stereocenters.